The lowest BCUT2D eigenvalue weighted by atomic mass is 9.91. The van der Waals surface area contributed by atoms with Gasteiger partial charge in [0.15, 0.2) is 0 Å². The first-order valence-corrected chi connectivity index (χ1v) is 14.5. The molecule has 40 heavy (non-hydrogen) atoms. The molecule has 2 aliphatic heterocycles. The molecule has 5 aromatic carbocycles. The third kappa shape index (κ3) is 2.57. The van der Waals surface area contributed by atoms with Crippen LogP contribution in [0, 0.1) is 0 Å². The maximum Gasteiger partial charge on any atom is 0.235 e. The highest BCUT2D eigenvalue weighted by molar-refractivity contribution is 7.25. The number of para-hydroxylation sites is 3. The highest BCUT2D eigenvalue weighted by atomic mass is 32.1. The molecular weight excluding hydrogens is 508 g/mol. The van der Waals surface area contributed by atoms with E-state index in [-0.39, 0.29) is 6.04 Å². The summed E-state index contributed by atoms with van der Waals surface area (Å²) in [5.41, 5.74) is 10.7. The van der Waals surface area contributed by atoms with Gasteiger partial charge >= 0.3 is 0 Å². The number of hydrogen-bond acceptors (Lipinski definition) is 3. The summed E-state index contributed by atoms with van der Waals surface area (Å²) in [6.45, 7) is 0. The Bertz CT molecular complexity index is 2350. The summed E-state index contributed by atoms with van der Waals surface area (Å²) >= 11 is 1.89. The van der Waals surface area contributed by atoms with E-state index in [4.69, 9.17) is 4.42 Å². The minimum atomic E-state index is 0.120. The number of anilines is 2. The molecule has 0 saturated carbocycles. The number of benzene rings is 5. The number of nitrogens with zero attached hydrogens (tertiary/aromatic N) is 2. The van der Waals surface area contributed by atoms with Crippen LogP contribution in [-0.4, -0.2) is 11.8 Å². The van der Waals surface area contributed by atoms with Crippen molar-refractivity contribution < 1.29 is 4.42 Å². The van der Waals surface area contributed by atoms with Gasteiger partial charge in [0.05, 0.1) is 5.69 Å². The van der Waals surface area contributed by atoms with Crippen LogP contribution in [0.2, 0.25) is 0 Å². The van der Waals surface area contributed by atoms with Gasteiger partial charge in [0, 0.05) is 60.8 Å². The molecule has 3 aliphatic rings. The maximum atomic E-state index is 6.16. The third-order valence-electron chi connectivity index (χ3n) is 8.70. The first kappa shape index (κ1) is 21.0. The van der Waals surface area contributed by atoms with Crippen LogP contribution in [0.25, 0.3) is 47.7 Å². The van der Waals surface area contributed by atoms with Crippen LogP contribution in [0.4, 0.5) is 22.7 Å². The molecule has 4 heteroatoms. The Morgan fingerprint density at radius 3 is 2.48 bits per heavy atom. The van der Waals surface area contributed by atoms with Crippen LogP contribution in [-0.2, 0) is 0 Å². The van der Waals surface area contributed by atoms with Gasteiger partial charge in [-0.1, -0.05) is 60.7 Å². The lowest BCUT2D eigenvalue weighted by Gasteiger charge is -2.32. The number of thiophene rings is 1. The molecule has 7 aromatic rings. The van der Waals surface area contributed by atoms with Crippen molar-refractivity contribution in [3.63, 3.8) is 0 Å². The first-order chi connectivity index (χ1) is 19.8. The molecular formula is C36H21N2OS+. The Labute approximate surface area is 233 Å². The normalized spacial score (nSPS) is 17.1. The summed E-state index contributed by atoms with van der Waals surface area (Å²) in [6, 6.07) is 37.5. The van der Waals surface area contributed by atoms with Crippen LogP contribution >= 0.6 is 11.3 Å². The molecule has 10 rings (SSSR count). The second-order valence-corrected chi connectivity index (χ2v) is 11.8. The fraction of sp³-hybridized carbons (Fsp3) is 0.0278. The van der Waals surface area contributed by atoms with Crippen molar-refractivity contribution in [3.05, 3.63) is 127 Å². The van der Waals surface area contributed by atoms with Crippen molar-refractivity contribution >= 4 is 87.5 Å². The Morgan fingerprint density at radius 2 is 1.50 bits per heavy atom. The minimum Gasteiger partial charge on any atom is -0.456 e. The molecule has 0 N–H and O–H groups in total. The Balaban J connectivity index is 1.26. The van der Waals surface area contributed by atoms with Crippen molar-refractivity contribution in [2.75, 3.05) is 4.90 Å². The van der Waals surface area contributed by atoms with Crippen molar-refractivity contribution in [3.8, 4) is 0 Å². The molecule has 0 fully saturated rings. The molecule has 1 aliphatic carbocycles. The van der Waals surface area contributed by atoms with Crippen LogP contribution in [0.3, 0.4) is 0 Å². The summed E-state index contributed by atoms with van der Waals surface area (Å²) in [7, 11) is 0. The van der Waals surface area contributed by atoms with Gasteiger partial charge in [-0.25, -0.2) is 0 Å². The summed E-state index contributed by atoms with van der Waals surface area (Å²) in [6.07, 6.45) is 6.82. The predicted molar refractivity (Wildman–Crippen MR) is 169 cm³/mol. The quantitative estimate of drug-likeness (QED) is 0.197. The molecule has 1 unspecified atom stereocenters. The monoisotopic (exact) mass is 529 g/mol. The highest BCUT2D eigenvalue weighted by Gasteiger charge is 2.48. The Morgan fingerprint density at radius 1 is 0.675 bits per heavy atom. The minimum absolute atomic E-state index is 0.120. The average molecular weight is 530 g/mol. The topological polar surface area (TPSA) is 19.4 Å². The first-order valence-electron chi connectivity index (χ1n) is 13.6. The molecule has 0 bridgehead atoms. The molecule has 186 valence electrons. The summed E-state index contributed by atoms with van der Waals surface area (Å²) in [5.74, 6) is 0. The van der Waals surface area contributed by atoms with E-state index in [0.29, 0.717) is 0 Å². The van der Waals surface area contributed by atoms with Crippen molar-refractivity contribution in [1.82, 2.24) is 4.58 Å². The van der Waals surface area contributed by atoms with Gasteiger partial charge in [0.25, 0.3) is 0 Å². The predicted octanol–water partition coefficient (Wildman–Crippen LogP) is 9.72. The molecule has 0 saturated heterocycles. The van der Waals surface area contributed by atoms with Gasteiger partial charge in [-0.15, -0.1) is 11.3 Å². The van der Waals surface area contributed by atoms with E-state index in [0.717, 1.165) is 27.6 Å². The largest absolute Gasteiger partial charge is 0.456 e. The van der Waals surface area contributed by atoms with Gasteiger partial charge in [0.1, 0.15) is 22.9 Å². The lowest BCUT2D eigenvalue weighted by Crippen LogP contribution is -2.43. The fourth-order valence-electron chi connectivity index (χ4n) is 7.03. The molecule has 0 radical (unpaired) electrons. The van der Waals surface area contributed by atoms with E-state index in [1.165, 1.54) is 54.1 Å². The van der Waals surface area contributed by atoms with Gasteiger partial charge in [-0.05, 0) is 42.0 Å². The highest BCUT2D eigenvalue weighted by Crippen LogP contribution is 2.54. The number of furan rings is 1. The number of hydrogen-bond donors (Lipinski definition) is 0. The van der Waals surface area contributed by atoms with Crippen LogP contribution in [0.5, 0.6) is 0 Å². The summed E-state index contributed by atoms with van der Waals surface area (Å²) < 4.78 is 11.3. The maximum absolute atomic E-state index is 6.16. The third-order valence-corrected chi connectivity index (χ3v) is 9.83. The molecule has 4 heterocycles. The van der Waals surface area contributed by atoms with E-state index in [1.807, 2.05) is 23.5 Å². The number of fused-ring (bicyclic) bond motifs is 11. The molecule has 0 amide bonds. The zero-order chi connectivity index (χ0) is 25.9. The number of allylic oxidation sites excluding steroid dienone is 2. The van der Waals surface area contributed by atoms with Crippen LogP contribution in [0.1, 0.15) is 5.56 Å². The fourth-order valence-corrected chi connectivity index (χ4v) is 8.15. The Kier molecular flexibility index (Phi) is 3.87. The molecule has 1 atom stereocenters. The van der Waals surface area contributed by atoms with Gasteiger partial charge < -0.3 is 9.32 Å². The lowest BCUT2D eigenvalue weighted by molar-refractivity contribution is 0.669. The van der Waals surface area contributed by atoms with Gasteiger partial charge in [-0.3, -0.25) is 0 Å². The van der Waals surface area contributed by atoms with E-state index >= 15 is 0 Å². The molecule has 3 nitrogen and oxygen atoms in total. The number of rotatable bonds is 1. The van der Waals surface area contributed by atoms with Crippen molar-refractivity contribution in [2.45, 2.75) is 6.04 Å². The van der Waals surface area contributed by atoms with Crippen LogP contribution < -0.4 is 9.48 Å². The zero-order valence-corrected chi connectivity index (χ0v) is 22.2. The SMILES string of the molecule is C1=CC2=[N+](c3ccc4oc5ccccc5c4c3)c3ccccc3N3c4cc5sc6ccccc6c5cc4C(=C1)C23. The van der Waals surface area contributed by atoms with Gasteiger partial charge in [0.2, 0.25) is 17.1 Å². The average Bonchev–Trinajstić information content (AvgIpc) is 3.66. The second-order valence-electron chi connectivity index (χ2n) is 10.7. The van der Waals surface area contributed by atoms with E-state index in [2.05, 4.69) is 119 Å². The van der Waals surface area contributed by atoms with E-state index in [1.54, 1.807) is 0 Å². The molecule has 2 aromatic heterocycles. The van der Waals surface area contributed by atoms with Crippen molar-refractivity contribution in [2.24, 2.45) is 0 Å². The van der Waals surface area contributed by atoms with Gasteiger partial charge in [-0.2, -0.15) is 4.58 Å². The second kappa shape index (κ2) is 7.38. The van der Waals surface area contributed by atoms with Crippen molar-refractivity contribution in [1.29, 1.82) is 0 Å². The van der Waals surface area contributed by atoms with E-state index in [9.17, 15) is 0 Å². The zero-order valence-electron chi connectivity index (χ0n) is 21.3. The van der Waals surface area contributed by atoms with Crippen LogP contribution in [0.15, 0.2) is 126 Å². The summed E-state index contributed by atoms with van der Waals surface area (Å²) in [5, 5.41) is 4.98. The molecule has 0 spiro atoms. The Hall–Kier alpha value is -4.93. The smallest absolute Gasteiger partial charge is 0.235 e. The van der Waals surface area contributed by atoms with E-state index < -0.39 is 0 Å². The standard InChI is InChI=1S/C36H21N2OS/c1-5-14-32-22(8-1)26-18-21(16-17-33(26)39-32)37-28-11-3-4-12-29(28)38-31-20-35-27(23-9-2-6-15-34(23)40-35)19-25(31)24-10-7-13-30(37)36(24)38/h1-20,36H/q+1. The summed E-state index contributed by atoms with van der Waals surface area (Å²) in [4.78, 5) is 2.56.